The molecule has 0 unspecified atom stereocenters. The zero-order chi connectivity index (χ0) is 17.9. The van der Waals surface area contributed by atoms with E-state index in [1.54, 1.807) is 0 Å². The molecule has 11 heteroatoms. The minimum atomic E-state index is -3.77. The summed E-state index contributed by atoms with van der Waals surface area (Å²) in [7, 11) is -3.77. The molecular weight excluding hydrogens is 376 g/mol. The molecule has 0 spiro atoms. The Balaban J connectivity index is 2.11. The first-order chi connectivity index (χ1) is 11.2. The number of halogens is 1. The molecule has 0 aliphatic carbocycles. The molecule has 24 heavy (non-hydrogen) atoms. The summed E-state index contributed by atoms with van der Waals surface area (Å²) in [6.07, 6.45) is 0. The van der Waals surface area contributed by atoms with Gasteiger partial charge in [0.05, 0.1) is 20.5 Å². The lowest BCUT2D eigenvalue weighted by molar-refractivity contribution is -0.384. The Labute approximate surface area is 147 Å². The minimum absolute atomic E-state index is 0.0337. The van der Waals surface area contributed by atoms with Gasteiger partial charge >= 0.3 is 0 Å². The third-order valence-electron chi connectivity index (χ3n) is 2.85. The molecule has 0 heterocycles. The van der Waals surface area contributed by atoms with Gasteiger partial charge in [-0.2, -0.15) is 0 Å². The van der Waals surface area contributed by atoms with Crippen LogP contribution in [0.2, 0.25) is 5.02 Å². The predicted molar refractivity (Wildman–Crippen MR) is 95.8 cm³/mol. The Hall–Kier alpha value is -2.27. The maximum absolute atomic E-state index is 11.2. The highest BCUT2D eigenvalue weighted by Gasteiger charge is 2.11. The second-order valence-electron chi connectivity index (χ2n) is 4.57. The summed E-state index contributed by atoms with van der Waals surface area (Å²) in [5.74, 6) is 0. The molecule has 2 aromatic rings. The number of anilines is 2. The third kappa shape index (κ3) is 4.61. The zero-order valence-electron chi connectivity index (χ0n) is 11.9. The summed E-state index contributed by atoms with van der Waals surface area (Å²) < 4.78 is 22.4. The Morgan fingerprint density at radius 2 is 1.79 bits per heavy atom. The van der Waals surface area contributed by atoms with Crippen molar-refractivity contribution in [3.8, 4) is 0 Å². The van der Waals surface area contributed by atoms with Crippen LogP contribution in [0.15, 0.2) is 47.4 Å². The third-order valence-corrected chi connectivity index (χ3v) is 4.31. The SMILES string of the molecule is NS(=O)(=O)c1ccc(NC(=S)Nc2cc([N+](=O)[O-])ccc2Cl)cc1. The Kier molecular flexibility index (Phi) is 5.34. The lowest BCUT2D eigenvalue weighted by Gasteiger charge is -2.12. The second-order valence-corrected chi connectivity index (χ2v) is 6.95. The fraction of sp³-hybridized carbons (Fsp3) is 0. The van der Waals surface area contributed by atoms with Gasteiger partial charge in [-0.3, -0.25) is 10.1 Å². The number of sulfonamides is 1. The van der Waals surface area contributed by atoms with E-state index in [0.717, 1.165) is 0 Å². The number of thiocarbonyl (C=S) groups is 1. The number of nitrogens with one attached hydrogen (secondary N) is 2. The first kappa shape index (κ1) is 18.1. The van der Waals surface area contributed by atoms with E-state index in [9.17, 15) is 18.5 Å². The van der Waals surface area contributed by atoms with Gasteiger partial charge in [-0.1, -0.05) is 11.6 Å². The lowest BCUT2D eigenvalue weighted by atomic mass is 10.3. The minimum Gasteiger partial charge on any atom is -0.332 e. The highest BCUT2D eigenvalue weighted by molar-refractivity contribution is 7.89. The Bertz CT molecular complexity index is 901. The van der Waals surface area contributed by atoms with Crippen LogP contribution in [0, 0.1) is 10.1 Å². The second kappa shape index (κ2) is 7.09. The fourth-order valence-corrected chi connectivity index (χ4v) is 2.64. The number of benzene rings is 2. The standard InChI is InChI=1S/C13H11ClN4O4S2/c14-11-6-3-9(18(19)20)7-12(11)17-13(23)16-8-1-4-10(5-2-8)24(15,21)22/h1-7H,(H2,15,21,22)(H2,16,17,23). The molecule has 0 saturated carbocycles. The van der Waals surface area contributed by atoms with Gasteiger partial charge in [0.1, 0.15) is 0 Å². The molecule has 8 nitrogen and oxygen atoms in total. The van der Waals surface area contributed by atoms with Gasteiger partial charge in [0.15, 0.2) is 5.11 Å². The van der Waals surface area contributed by atoms with Crippen molar-refractivity contribution in [1.29, 1.82) is 0 Å². The molecule has 2 aromatic carbocycles. The Morgan fingerprint density at radius 3 is 2.33 bits per heavy atom. The number of hydrogen-bond acceptors (Lipinski definition) is 5. The molecule has 0 amide bonds. The van der Waals surface area contributed by atoms with E-state index in [4.69, 9.17) is 29.0 Å². The molecule has 0 aliphatic rings. The van der Waals surface area contributed by atoms with Crippen molar-refractivity contribution in [2.45, 2.75) is 4.90 Å². The first-order valence-electron chi connectivity index (χ1n) is 6.31. The van der Waals surface area contributed by atoms with E-state index in [-0.39, 0.29) is 26.4 Å². The maximum atomic E-state index is 11.2. The normalized spacial score (nSPS) is 10.9. The summed E-state index contributed by atoms with van der Waals surface area (Å²) in [5, 5.41) is 21.7. The quantitative estimate of drug-likeness (QED) is 0.418. The molecule has 0 bridgehead atoms. The molecule has 0 aromatic heterocycles. The van der Waals surface area contributed by atoms with Gasteiger partial charge in [-0.05, 0) is 42.5 Å². The van der Waals surface area contributed by atoms with Crippen molar-refractivity contribution < 1.29 is 13.3 Å². The van der Waals surface area contributed by atoms with Crippen molar-refractivity contribution in [1.82, 2.24) is 0 Å². The largest absolute Gasteiger partial charge is 0.332 e. The van der Waals surface area contributed by atoms with Crippen molar-refractivity contribution in [2.24, 2.45) is 5.14 Å². The number of non-ortho nitro benzene ring substituents is 1. The summed E-state index contributed by atoms with van der Waals surface area (Å²) in [4.78, 5) is 10.2. The van der Waals surface area contributed by atoms with Crippen LogP contribution in [0.5, 0.6) is 0 Å². The number of nitrogens with two attached hydrogens (primary N) is 1. The molecule has 0 atom stereocenters. The predicted octanol–water partition coefficient (Wildman–Crippen LogP) is 2.70. The van der Waals surface area contributed by atoms with Crippen molar-refractivity contribution in [2.75, 3.05) is 10.6 Å². The van der Waals surface area contributed by atoms with Crippen LogP contribution in [0.3, 0.4) is 0 Å². The number of primary sulfonamides is 1. The topological polar surface area (TPSA) is 127 Å². The number of nitrogens with zero attached hydrogens (tertiary/aromatic N) is 1. The number of nitro benzene ring substituents is 1. The number of hydrogen-bond donors (Lipinski definition) is 3. The van der Waals surface area contributed by atoms with E-state index in [2.05, 4.69) is 10.6 Å². The summed E-state index contributed by atoms with van der Waals surface area (Å²) in [6.45, 7) is 0. The van der Waals surface area contributed by atoms with Crippen LogP contribution in [0.25, 0.3) is 0 Å². The van der Waals surface area contributed by atoms with Crippen molar-refractivity contribution in [3.05, 3.63) is 57.6 Å². The molecule has 126 valence electrons. The van der Waals surface area contributed by atoms with Crippen molar-refractivity contribution in [3.63, 3.8) is 0 Å². The van der Waals surface area contributed by atoms with Crippen LogP contribution in [-0.2, 0) is 10.0 Å². The van der Waals surface area contributed by atoms with E-state index in [1.165, 1.54) is 42.5 Å². The average molecular weight is 387 g/mol. The molecule has 2 rings (SSSR count). The molecule has 4 N–H and O–H groups in total. The average Bonchev–Trinajstić information content (AvgIpc) is 2.48. The van der Waals surface area contributed by atoms with Crippen LogP contribution >= 0.6 is 23.8 Å². The van der Waals surface area contributed by atoms with Crippen LogP contribution in [0.4, 0.5) is 17.1 Å². The lowest BCUT2D eigenvalue weighted by Crippen LogP contribution is -2.19. The number of nitro groups is 1. The summed E-state index contributed by atoms with van der Waals surface area (Å²) >= 11 is 11.1. The van der Waals surface area contributed by atoms with E-state index < -0.39 is 14.9 Å². The number of rotatable bonds is 4. The van der Waals surface area contributed by atoms with E-state index in [0.29, 0.717) is 5.69 Å². The van der Waals surface area contributed by atoms with Gasteiger partial charge in [0.25, 0.3) is 5.69 Å². The first-order valence-corrected chi connectivity index (χ1v) is 8.65. The summed E-state index contributed by atoms with van der Waals surface area (Å²) in [5.41, 5.74) is 0.633. The van der Waals surface area contributed by atoms with Gasteiger partial charge < -0.3 is 10.6 Å². The Morgan fingerprint density at radius 1 is 1.17 bits per heavy atom. The monoisotopic (exact) mass is 386 g/mol. The van der Waals surface area contributed by atoms with Crippen LogP contribution < -0.4 is 15.8 Å². The molecular formula is C13H11ClN4O4S2. The smallest absolute Gasteiger partial charge is 0.271 e. The van der Waals surface area contributed by atoms with Crippen molar-refractivity contribution >= 4 is 56.0 Å². The molecule has 0 radical (unpaired) electrons. The fourth-order valence-electron chi connectivity index (χ4n) is 1.74. The van der Waals surface area contributed by atoms with Crippen LogP contribution in [0.1, 0.15) is 0 Å². The zero-order valence-corrected chi connectivity index (χ0v) is 14.3. The van der Waals surface area contributed by atoms with Gasteiger partial charge in [0, 0.05) is 17.8 Å². The summed E-state index contributed by atoms with van der Waals surface area (Å²) in [6, 6.07) is 9.49. The highest BCUT2D eigenvalue weighted by Crippen LogP contribution is 2.26. The van der Waals surface area contributed by atoms with E-state index >= 15 is 0 Å². The molecule has 0 aliphatic heterocycles. The van der Waals surface area contributed by atoms with Gasteiger partial charge in [-0.15, -0.1) is 0 Å². The molecule has 0 saturated heterocycles. The highest BCUT2D eigenvalue weighted by atomic mass is 35.5. The van der Waals surface area contributed by atoms with Gasteiger partial charge in [0.2, 0.25) is 10.0 Å². The maximum Gasteiger partial charge on any atom is 0.271 e. The molecule has 0 fully saturated rings. The van der Waals surface area contributed by atoms with E-state index in [1.807, 2.05) is 0 Å². The van der Waals surface area contributed by atoms with Crippen LogP contribution in [-0.4, -0.2) is 18.5 Å². The van der Waals surface area contributed by atoms with Gasteiger partial charge in [-0.25, -0.2) is 13.6 Å².